The number of allylic oxidation sites excluding steroid dienone is 18. The third kappa shape index (κ3) is 5.84. The van der Waals surface area contributed by atoms with Crippen molar-refractivity contribution in [1.82, 2.24) is 0 Å². The van der Waals surface area contributed by atoms with Gasteiger partial charge in [-0.25, -0.2) is 8.78 Å². The maximum absolute atomic E-state index is 15.1. The van der Waals surface area contributed by atoms with Crippen LogP contribution in [-0.4, -0.2) is 6.04 Å². The first-order valence-corrected chi connectivity index (χ1v) is 23.5. The lowest BCUT2D eigenvalue weighted by atomic mass is 9.55. The second-order valence-electron chi connectivity index (χ2n) is 18.9. The maximum Gasteiger partial charge on any atom is 0.118 e. The van der Waals surface area contributed by atoms with E-state index in [9.17, 15) is 0 Å². The topological polar surface area (TPSA) is 3.24 Å². The maximum atomic E-state index is 15.1. The van der Waals surface area contributed by atoms with Gasteiger partial charge in [-0.05, 0) is 162 Å². The molecule has 63 heavy (non-hydrogen) atoms. The smallest absolute Gasteiger partial charge is 0.118 e. The van der Waals surface area contributed by atoms with Gasteiger partial charge in [0.1, 0.15) is 5.83 Å². The van der Waals surface area contributed by atoms with Gasteiger partial charge >= 0.3 is 0 Å². The molecule has 0 bridgehead atoms. The van der Waals surface area contributed by atoms with E-state index in [1.54, 1.807) is 12.2 Å². The average molecular weight is 826 g/mol. The van der Waals surface area contributed by atoms with E-state index in [4.69, 9.17) is 0 Å². The van der Waals surface area contributed by atoms with Gasteiger partial charge in [-0.1, -0.05) is 152 Å². The van der Waals surface area contributed by atoms with Crippen LogP contribution in [0.2, 0.25) is 0 Å². The summed E-state index contributed by atoms with van der Waals surface area (Å²) in [4.78, 5) is 2.66. The van der Waals surface area contributed by atoms with Crippen molar-refractivity contribution in [1.29, 1.82) is 0 Å². The third-order valence-corrected chi connectivity index (χ3v) is 16.1. The van der Waals surface area contributed by atoms with Crippen LogP contribution >= 0.6 is 0 Å². The Morgan fingerprint density at radius 2 is 1.38 bits per heavy atom. The number of hydrogen-bond donors (Lipinski definition) is 0. The van der Waals surface area contributed by atoms with Gasteiger partial charge in [0.05, 0.1) is 17.3 Å². The summed E-state index contributed by atoms with van der Waals surface area (Å²) in [5.41, 5.74) is 15.4. The lowest BCUT2D eigenvalue weighted by Crippen LogP contribution is -2.42. The van der Waals surface area contributed by atoms with Crippen molar-refractivity contribution in [3.8, 4) is 0 Å². The number of fused-ring (bicyclic) bond motifs is 6. The van der Waals surface area contributed by atoms with Gasteiger partial charge < -0.3 is 4.90 Å². The molecule has 3 heteroatoms. The molecule has 1 nitrogen and oxygen atoms in total. The summed E-state index contributed by atoms with van der Waals surface area (Å²) in [6.45, 7) is 0. The van der Waals surface area contributed by atoms with Crippen molar-refractivity contribution in [3.63, 3.8) is 0 Å². The largest absolute Gasteiger partial charge is 0.338 e. The molecule has 0 aliphatic heterocycles. The Balaban J connectivity index is 1.06. The summed E-state index contributed by atoms with van der Waals surface area (Å²) >= 11 is 0. The van der Waals surface area contributed by atoms with Crippen LogP contribution in [0.4, 0.5) is 14.5 Å². The fourth-order valence-electron chi connectivity index (χ4n) is 13.6. The Morgan fingerprint density at radius 1 is 0.635 bits per heavy atom. The van der Waals surface area contributed by atoms with Crippen LogP contribution in [0.15, 0.2) is 227 Å². The minimum Gasteiger partial charge on any atom is -0.338 e. The molecule has 12 rings (SSSR count). The third-order valence-electron chi connectivity index (χ3n) is 16.1. The van der Waals surface area contributed by atoms with Crippen LogP contribution in [0.5, 0.6) is 0 Å². The normalized spacial score (nSPS) is 28.7. The van der Waals surface area contributed by atoms with E-state index in [0.717, 1.165) is 38.5 Å². The van der Waals surface area contributed by atoms with Crippen LogP contribution in [0.3, 0.4) is 0 Å². The van der Waals surface area contributed by atoms with E-state index in [1.807, 2.05) is 6.08 Å². The minimum atomic E-state index is -0.471. The van der Waals surface area contributed by atoms with Crippen molar-refractivity contribution in [2.45, 2.75) is 69.2 Å². The highest BCUT2D eigenvalue weighted by molar-refractivity contribution is 5.89. The van der Waals surface area contributed by atoms with Gasteiger partial charge in [-0.15, -0.1) is 0 Å². The lowest BCUT2D eigenvalue weighted by molar-refractivity contribution is 0.180. The molecule has 0 radical (unpaired) electrons. The Morgan fingerprint density at radius 3 is 2.11 bits per heavy atom. The lowest BCUT2D eigenvalue weighted by Gasteiger charge is -2.49. The van der Waals surface area contributed by atoms with E-state index in [2.05, 4.69) is 169 Å². The Hall–Kier alpha value is -6.06. The molecule has 0 amide bonds. The van der Waals surface area contributed by atoms with Gasteiger partial charge in [-0.3, -0.25) is 0 Å². The van der Waals surface area contributed by atoms with E-state index < -0.39 is 10.8 Å². The summed E-state index contributed by atoms with van der Waals surface area (Å²) in [5, 5.41) is 0. The number of anilines is 1. The molecule has 6 unspecified atom stereocenters. The Kier molecular flexibility index (Phi) is 9.39. The predicted octanol–water partition coefficient (Wildman–Crippen LogP) is 15.1. The molecular formula is C60H53F2N. The number of halogens is 2. The van der Waals surface area contributed by atoms with E-state index >= 15 is 8.78 Å². The molecule has 0 heterocycles. The highest BCUT2D eigenvalue weighted by Crippen LogP contribution is 2.67. The summed E-state index contributed by atoms with van der Waals surface area (Å²) < 4.78 is 30.1. The van der Waals surface area contributed by atoms with Crippen LogP contribution in [0.1, 0.15) is 80.0 Å². The fourth-order valence-corrected chi connectivity index (χ4v) is 13.6. The average Bonchev–Trinajstić information content (AvgIpc) is 3.81. The van der Waals surface area contributed by atoms with Gasteiger partial charge in [0, 0.05) is 22.7 Å². The quantitative estimate of drug-likeness (QED) is 0.168. The zero-order chi connectivity index (χ0) is 42.1. The predicted molar refractivity (Wildman–Crippen MR) is 254 cm³/mol. The molecule has 0 N–H and O–H groups in total. The molecule has 0 saturated carbocycles. The van der Waals surface area contributed by atoms with Crippen LogP contribution in [0, 0.1) is 29.1 Å². The molecule has 8 aliphatic carbocycles. The molecule has 0 aromatic heterocycles. The molecule has 6 atom stereocenters. The zero-order valence-electron chi connectivity index (χ0n) is 35.8. The standard InChI is InChI=1S/C60H53F2N/c61-45-29-25-43(26-30-45)60(44-27-31-46(62)32-28-44)55-37-24-40-14-10-11-21-50(40)58(55)53-36-34-49(39-57(53)60)63(47-19-8-3-9-20-47)48-33-35-52-51-22-12-13-23-54(51)59(56(52)38-48,41-15-4-1-5-16-41)42-17-6-2-7-18-42/h1-10,12-20,22-25,29-31,36-40,43-44,49-50H,11,21,26-28,32-35H2. The first kappa shape index (κ1) is 38.6. The molecule has 8 aliphatic rings. The SMILES string of the molecule is FC1=CCC(C2(C3CC=C(F)CC3)C3=CC(N(C4=CC5=C(CC4)c4ccccc4C5(c4ccccc4)c4ccccc4)c4ccccc4)CC=C3C3=C2C=CC2C=CCCC32)C=C1. The molecule has 0 saturated heterocycles. The molecule has 4 aromatic carbocycles. The summed E-state index contributed by atoms with van der Waals surface area (Å²) in [5.74, 6) is 0.865. The Labute approximate surface area is 371 Å². The first-order valence-electron chi connectivity index (χ1n) is 23.5. The van der Waals surface area contributed by atoms with Gasteiger partial charge in [0.2, 0.25) is 0 Å². The minimum absolute atomic E-state index is 0.00553. The zero-order valence-corrected chi connectivity index (χ0v) is 35.8. The monoisotopic (exact) mass is 825 g/mol. The molecule has 0 fully saturated rings. The molecular weight excluding hydrogens is 773 g/mol. The van der Waals surface area contributed by atoms with Crippen LogP contribution in [0.25, 0.3) is 5.57 Å². The van der Waals surface area contributed by atoms with Crippen molar-refractivity contribution in [2.75, 3.05) is 4.90 Å². The van der Waals surface area contributed by atoms with Crippen molar-refractivity contribution < 1.29 is 8.78 Å². The van der Waals surface area contributed by atoms with E-state index in [-0.39, 0.29) is 29.5 Å². The van der Waals surface area contributed by atoms with Crippen molar-refractivity contribution in [2.24, 2.45) is 29.1 Å². The molecule has 4 aromatic rings. The first-order chi connectivity index (χ1) is 31.1. The number of para-hydroxylation sites is 1. The van der Waals surface area contributed by atoms with Crippen LogP contribution in [-0.2, 0) is 5.41 Å². The molecule has 0 spiro atoms. The highest BCUT2D eigenvalue weighted by Gasteiger charge is 2.58. The van der Waals surface area contributed by atoms with E-state index in [0.29, 0.717) is 31.1 Å². The second kappa shape index (κ2) is 15.3. The summed E-state index contributed by atoms with van der Waals surface area (Å²) in [7, 11) is 0. The summed E-state index contributed by atoms with van der Waals surface area (Å²) in [6, 6.07) is 42.5. The number of benzene rings is 4. The van der Waals surface area contributed by atoms with Crippen molar-refractivity contribution >= 4 is 11.3 Å². The van der Waals surface area contributed by atoms with Crippen LogP contribution < -0.4 is 4.90 Å². The highest BCUT2D eigenvalue weighted by atomic mass is 19.1. The van der Waals surface area contributed by atoms with Gasteiger partial charge in [0.15, 0.2) is 0 Å². The van der Waals surface area contributed by atoms with Gasteiger partial charge in [-0.2, -0.15) is 0 Å². The van der Waals surface area contributed by atoms with Crippen molar-refractivity contribution in [3.05, 3.63) is 250 Å². The van der Waals surface area contributed by atoms with Gasteiger partial charge in [0.25, 0.3) is 0 Å². The summed E-state index contributed by atoms with van der Waals surface area (Å²) in [6.07, 6.45) is 32.5. The Bertz CT molecular complexity index is 2770. The number of nitrogens with zero attached hydrogens (tertiary/aromatic N) is 1. The van der Waals surface area contributed by atoms with E-state index in [1.165, 1.54) is 67.1 Å². The fraction of sp³-hybridized carbons (Fsp3) is 0.267. The second-order valence-corrected chi connectivity index (χ2v) is 18.9. The number of hydrogen-bond acceptors (Lipinski definition) is 1. The molecule has 312 valence electrons. The number of rotatable bonds is 7.